The van der Waals surface area contributed by atoms with Crippen molar-refractivity contribution in [3.63, 3.8) is 0 Å². The second kappa shape index (κ2) is 6.08. The van der Waals surface area contributed by atoms with E-state index >= 15 is 0 Å². The highest BCUT2D eigenvalue weighted by Gasteiger charge is 2.31. The zero-order chi connectivity index (χ0) is 15.7. The maximum atomic E-state index is 14.2. The van der Waals surface area contributed by atoms with Gasteiger partial charge in [0.05, 0.1) is 28.6 Å². The molecule has 1 saturated heterocycles. The lowest BCUT2D eigenvalue weighted by Gasteiger charge is -2.16. The Morgan fingerprint density at radius 3 is 2.32 bits per heavy atom. The first kappa shape index (κ1) is 15.6. The van der Waals surface area contributed by atoms with E-state index in [2.05, 4.69) is 15.9 Å². The van der Waals surface area contributed by atoms with Crippen molar-refractivity contribution in [3.8, 4) is 0 Å². The number of hydrogen-bond acceptors (Lipinski definition) is 4. The van der Waals surface area contributed by atoms with E-state index in [1.54, 1.807) is 12.1 Å². The predicted molar refractivity (Wildman–Crippen MR) is 80.6 cm³/mol. The van der Waals surface area contributed by atoms with E-state index in [0.29, 0.717) is 13.2 Å². The van der Waals surface area contributed by atoms with Crippen LogP contribution in [0.4, 0.5) is 4.39 Å². The van der Waals surface area contributed by atoms with Crippen molar-refractivity contribution in [3.05, 3.63) is 58.3 Å². The van der Waals surface area contributed by atoms with Gasteiger partial charge in [-0.3, -0.25) is 0 Å². The summed E-state index contributed by atoms with van der Waals surface area (Å²) in [5.41, 5.74) is -0.0806. The van der Waals surface area contributed by atoms with Crippen LogP contribution in [0.1, 0.15) is 11.9 Å². The van der Waals surface area contributed by atoms with E-state index < -0.39 is 21.9 Å². The Morgan fingerprint density at radius 2 is 1.68 bits per heavy atom. The first-order chi connectivity index (χ1) is 10.5. The normalized spacial score (nSPS) is 16.1. The molecule has 22 heavy (non-hydrogen) atoms. The standard InChI is InChI=1S/C15H12BrFO4S/c16-10-4-6-11(7-5-10)22(18,19)13-3-1-2-12(17)14(13)15-20-8-9-21-15/h1-7,15H,8-9H2. The molecule has 0 bridgehead atoms. The highest BCUT2D eigenvalue weighted by molar-refractivity contribution is 9.10. The summed E-state index contributed by atoms with van der Waals surface area (Å²) in [5, 5.41) is 0. The second-order valence-electron chi connectivity index (χ2n) is 4.68. The van der Waals surface area contributed by atoms with Gasteiger partial charge in [-0.25, -0.2) is 12.8 Å². The molecule has 0 atom stereocenters. The molecule has 1 fully saturated rings. The van der Waals surface area contributed by atoms with Crippen LogP contribution in [-0.4, -0.2) is 21.6 Å². The Kier molecular flexibility index (Phi) is 4.31. The predicted octanol–water partition coefficient (Wildman–Crippen LogP) is 3.47. The van der Waals surface area contributed by atoms with Crippen molar-refractivity contribution in [1.82, 2.24) is 0 Å². The zero-order valence-electron chi connectivity index (χ0n) is 11.3. The summed E-state index contributed by atoms with van der Waals surface area (Å²) in [5.74, 6) is -0.662. The molecule has 0 radical (unpaired) electrons. The number of halogens is 2. The van der Waals surface area contributed by atoms with Crippen LogP contribution >= 0.6 is 15.9 Å². The van der Waals surface area contributed by atoms with Crippen molar-refractivity contribution in [1.29, 1.82) is 0 Å². The maximum absolute atomic E-state index is 14.2. The van der Waals surface area contributed by atoms with Gasteiger partial charge < -0.3 is 9.47 Å². The molecular weight excluding hydrogens is 375 g/mol. The summed E-state index contributed by atoms with van der Waals surface area (Å²) in [6.07, 6.45) is -0.999. The Morgan fingerprint density at radius 1 is 1.05 bits per heavy atom. The molecule has 2 aromatic carbocycles. The average molecular weight is 387 g/mol. The third kappa shape index (κ3) is 2.81. The van der Waals surface area contributed by atoms with Crippen LogP contribution in [0.15, 0.2) is 56.7 Å². The first-order valence-electron chi connectivity index (χ1n) is 6.52. The molecule has 3 rings (SSSR count). The smallest absolute Gasteiger partial charge is 0.207 e. The van der Waals surface area contributed by atoms with E-state index in [9.17, 15) is 12.8 Å². The van der Waals surface area contributed by atoms with Gasteiger partial charge in [-0.15, -0.1) is 0 Å². The molecule has 0 aliphatic carbocycles. The number of benzene rings is 2. The summed E-state index contributed by atoms with van der Waals surface area (Å²) >= 11 is 3.25. The van der Waals surface area contributed by atoms with Crippen molar-refractivity contribution in [2.75, 3.05) is 13.2 Å². The minimum atomic E-state index is -3.87. The fraction of sp³-hybridized carbons (Fsp3) is 0.200. The Bertz CT molecular complexity index is 784. The van der Waals surface area contributed by atoms with Gasteiger partial charge in [-0.1, -0.05) is 22.0 Å². The van der Waals surface area contributed by atoms with Crippen LogP contribution in [0, 0.1) is 5.82 Å². The zero-order valence-corrected chi connectivity index (χ0v) is 13.7. The summed E-state index contributed by atoms with van der Waals surface area (Å²) in [4.78, 5) is -0.0535. The lowest BCUT2D eigenvalue weighted by atomic mass is 10.2. The minimum absolute atomic E-state index is 0.0806. The van der Waals surface area contributed by atoms with Crippen LogP contribution < -0.4 is 0 Å². The largest absolute Gasteiger partial charge is 0.346 e. The van der Waals surface area contributed by atoms with Gasteiger partial charge >= 0.3 is 0 Å². The second-order valence-corrected chi connectivity index (χ2v) is 7.52. The van der Waals surface area contributed by atoms with Gasteiger partial charge in [-0.2, -0.15) is 0 Å². The van der Waals surface area contributed by atoms with Gasteiger partial charge in [0.25, 0.3) is 0 Å². The summed E-state index contributed by atoms with van der Waals surface area (Å²) < 4.78 is 51.1. The number of rotatable bonds is 3. The fourth-order valence-corrected chi connectivity index (χ4v) is 4.00. The molecule has 1 aliphatic rings. The van der Waals surface area contributed by atoms with Crippen molar-refractivity contribution in [2.45, 2.75) is 16.1 Å². The monoisotopic (exact) mass is 386 g/mol. The van der Waals surface area contributed by atoms with Gasteiger partial charge in [0.1, 0.15) is 5.82 Å². The average Bonchev–Trinajstić information content (AvgIpc) is 3.01. The van der Waals surface area contributed by atoms with Gasteiger partial charge in [0, 0.05) is 4.47 Å². The number of sulfone groups is 1. The molecule has 4 nitrogen and oxygen atoms in total. The van der Waals surface area contributed by atoms with Crippen molar-refractivity contribution in [2.24, 2.45) is 0 Å². The molecule has 0 N–H and O–H groups in total. The summed E-state index contributed by atoms with van der Waals surface area (Å²) in [7, 11) is -3.87. The quantitative estimate of drug-likeness (QED) is 0.810. The summed E-state index contributed by atoms with van der Waals surface area (Å²) in [6.45, 7) is 0.605. The fourth-order valence-electron chi connectivity index (χ4n) is 2.25. The molecule has 2 aromatic rings. The molecule has 1 aliphatic heterocycles. The van der Waals surface area contributed by atoms with Gasteiger partial charge in [0.2, 0.25) is 9.84 Å². The molecule has 116 valence electrons. The first-order valence-corrected chi connectivity index (χ1v) is 8.80. The third-order valence-corrected chi connectivity index (χ3v) is 5.64. The molecule has 0 aromatic heterocycles. The van der Waals surface area contributed by atoms with E-state index in [1.165, 1.54) is 30.3 Å². The van der Waals surface area contributed by atoms with Crippen LogP contribution in [0.2, 0.25) is 0 Å². The maximum Gasteiger partial charge on any atom is 0.207 e. The molecule has 0 saturated carbocycles. The van der Waals surface area contributed by atoms with Crippen molar-refractivity contribution < 1.29 is 22.3 Å². The molecule has 7 heteroatoms. The topological polar surface area (TPSA) is 52.6 Å². The van der Waals surface area contributed by atoms with Crippen LogP contribution in [0.3, 0.4) is 0 Å². The number of ether oxygens (including phenoxy) is 2. The van der Waals surface area contributed by atoms with Gasteiger partial charge in [-0.05, 0) is 36.4 Å². The molecule has 0 amide bonds. The highest BCUT2D eigenvalue weighted by Crippen LogP contribution is 2.34. The summed E-state index contributed by atoms with van der Waals surface area (Å²) in [6, 6.07) is 10.1. The SMILES string of the molecule is O=S(=O)(c1ccc(Br)cc1)c1cccc(F)c1C1OCCO1. The van der Waals surface area contributed by atoms with Crippen LogP contribution in [-0.2, 0) is 19.3 Å². The number of hydrogen-bond donors (Lipinski definition) is 0. The molecule has 1 heterocycles. The van der Waals surface area contributed by atoms with Crippen LogP contribution in [0.25, 0.3) is 0 Å². The lowest BCUT2D eigenvalue weighted by Crippen LogP contribution is -2.11. The lowest BCUT2D eigenvalue weighted by molar-refractivity contribution is -0.0486. The highest BCUT2D eigenvalue weighted by atomic mass is 79.9. The van der Waals surface area contributed by atoms with Crippen LogP contribution in [0.5, 0.6) is 0 Å². The Hall–Kier alpha value is -1.28. The Balaban J connectivity index is 2.14. The molecule has 0 unspecified atom stereocenters. The van der Waals surface area contributed by atoms with E-state index in [4.69, 9.17) is 9.47 Å². The third-order valence-electron chi connectivity index (χ3n) is 3.28. The molecular formula is C15H12BrFO4S. The van der Waals surface area contributed by atoms with E-state index in [1.807, 2.05) is 0 Å². The Labute approximate surface area is 135 Å². The minimum Gasteiger partial charge on any atom is -0.346 e. The van der Waals surface area contributed by atoms with E-state index in [-0.39, 0.29) is 15.4 Å². The van der Waals surface area contributed by atoms with E-state index in [0.717, 1.165) is 4.47 Å². The van der Waals surface area contributed by atoms with Gasteiger partial charge in [0.15, 0.2) is 6.29 Å². The molecule has 0 spiro atoms. The van der Waals surface area contributed by atoms with Crippen molar-refractivity contribution >= 4 is 25.8 Å².